The molecule has 1 aliphatic carbocycles. The van der Waals surface area contributed by atoms with Crippen LogP contribution in [0.25, 0.3) is 0 Å². The second-order valence-electron chi connectivity index (χ2n) is 6.31. The Kier molecular flexibility index (Phi) is 8.12. The van der Waals surface area contributed by atoms with E-state index in [9.17, 15) is 13.0 Å². The van der Waals surface area contributed by atoms with Gasteiger partial charge in [0, 0.05) is 0 Å². The van der Waals surface area contributed by atoms with E-state index in [2.05, 4.69) is 6.58 Å². The van der Waals surface area contributed by atoms with Crippen molar-refractivity contribution in [1.82, 2.24) is 0 Å². The molecule has 126 valence electrons. The molecule has 0 aromatic carbocycles. The highest BCUT2D eigenvalue weighted by Gasteiger charge is 2.34. The Morgan fingerprint density at radius 2 is 1.77 bits per heavy atom. The summed E-state index contributed by atoms with van der Waals surface area (Å²) < 4.78 is 33.7. The highest BCUT2D eigenvalue weighted by molar-refractivity contribution is 7.87. The summed E-state index contributed by atoms with van der Waals surface area (Å²) in [7, 11) is -4.31. The van der Waals surface area contributed by atoms with Gasteiger partial charge in [0.2, 0.25) is 0 Å². The minimum absolute atomic E-state index is 0.322. The zero-order valence-corrected chi connectivity index (χ0v) is 14.5. The Morgan fingerprint density at radius 3 is 2.27 bits per heavy atom. The lowest BCUT2D eigenvalue weighted by atomic mass is 9.91. The van der Waals surface area contributed by atoms with Gasteiger partial charge in [0.15, 0.2) is 0 Å². The highest BCUT2D eigenvalue weighted by atomic mass is 32.2. The maximum atomic E-state index is 11.6. The van der Waals surface area contributed by atoms with Gasteiger partial charge >= 0.3 is 0 Å². The third-order valence-electron chi connectivity index (χ3n) is 4.43. The van der Waals surface area contributed by atoms with E-state index in [1.807, 2.05) is 19.1 Å². The van der Waals surface area contributed by atoms with Gasteiger partial charge in [0.1, 0.15) is 10.1 Å². The fourth-order valence-electron chi connectivity index (χ4n) is 2.85. The van der Waals surface area contributed by atoms with Crippen LogP contribution in [0, 0.1) is 0 Å². The van der Waals surface area contributed by atoms with Crippen LogP contribution >= 0.6 is 0 Å². The van der Waals surface area contributed by atoms with E-state index in [1.54, 1.807) is 12.2 Å². The van der Waals surface area contributed by atoms with Gasteiger partial charge in [-0.1, -0.05) is 68.4 Å². The summed E-state index contributed by atoms with van der Waals surface area (Å²) in [6.45, 7) is 5.63. The molecule has 1 rings (SSSR count). The first-order valence-electron chi connectivity index (χ1n) is 8.34. The number of hydrogen-bond donors (Lipinski definition) is 0. The molecule has 1 atom stereocenters. The Morgan fingerprint density at radius 1 is 1.18 bits per heavy atom. The first-order chi connectivity index (χ1) is 10.4. The number of rotatable bonds is 11. The molecule has 0 bridgehead atoms. The van der Waals surface area contributed by atoms with Gasteiger partial charge in [-0.05, 0) is 32.6 Å². The Balaban J connectivity index is 2.29. The van der Waals surface area contributed by atoms with E-state index >= 15 is 0 Å². The summed E-state index contributed by atoms with van der Waals surface area (Å²) in [5.41, 5.74) is 1.03. The number of unbranched alkanes of at least 4 members (excludes halogenated alkanes) is 7. The Labute approximate surface area is 135 Å². The lowest BCUT2D eigenvalue weighted by Crippen LogP contribution is -2.37. The monoisotopic (exact) mass is 325 g/mol. The molecule has 0 heterocycles. The van der Waals surface area contributed by atoms with Crippen molar-refractivity contribution < 1.29 is 13.0 Å². The van der Waals surface area contributed by atoms with Gasteiger partial charge in [-0.3, -0.25) is 0 Å². The fourth-order valence-corrected chi connectivity index (χ4v) is 3.76. The van der Waals surface area contributed by atoms with Gasteiger partial charge in [-0.2, -0.15) is 0 Å². The molecule has 0 aliphatic heterocycles. The fraction of sp³-hybridized carbons (Fsp3) is 0.667. The Hall–Kier alpha value is -0.870. The van der Waals surface area contributed by atoms with Crippen LogP contribution in [0.15, 0.2) is 36.5 Å². The highest BCUT2D eigenvalue weighted by Crippen LogP contribution is 2.33. The third kappa shape index (κ3) is 6.09. The zero-order chi connectivity index (χ0) is 16.5. The van der Waals surface area contributed by atoms with Crippen molar-refractivity contribution in [2.75, 3.05) is 0 Å². The molecule has 0 spiro atoms. The van der Waals surface area contributed by atoms with Crippen molar-refractivity contribution in [3.05, 3.63) is 36.5 Å². The SMILES string of the molecule is C=CCCCCCCCCCC1(S(=O)(=O)[O-])C=CC(C)=CC1. The molecule has 0 saturated carbocycles. The first kappa shape index (κ1) is 19.2. The van der Waals surface area contributed by atoms with E-state index in [0.29, 0.717) is 12.8 Å². The molecule has 0 N–H and O–H groups in total. The minimum atomic E-state index is -4.31. The third-order valence-corrected chi connectivity index (χ3v) is 5.93. The molecule has 4 heteroatoms. The number of allylic oxidation sites excluding steroid dienone is 4. The van der Waals surface area contributed by atoms with E-state index < -0.39 is 14.9 Å². The average Bonchev–Trinajstić information content (AvgIpc) is 2.46. The van der Waals surface area contributed by atoms with Gasteiger partial charge in [-0.15, -0.1) is 6.58 Å². The van der Waals surface area contributed by atoms with Crippen molar-refractivity contribution in [3.8, 4) is 0 Å². The van der Waals surface area contributed by atoms with Crippen molar-refractivity contribution in [2.45, 2.75) is 75.9 Å². The van der Waals surface area contributed by atoms with Crippen LogP contribution in [-0.4, -0.2) is 17.7 Å². The smallest absolute Gasteiger partial charge is 0.104 e. The second kappa shape index (κ2) is 9.31. The predicted octanol–water partition coefficient (Wildman–Crippen LogP) is 4.87. The van der Waals surface area contributed by atoms with E-state index in [1.165, 1.54) is 25.7 Å². The van der Waals surface area contributed by atoms with Crippen molar-refractivity contribution in [3.63, 3.8) is 0 Å². The lowest BCUT2D eigenvalue weighted by molar-refractivity contribution is 0.411. The predicted molar refractivity (Wildman–Crippen MR) is 91.7 cm³/mol. The summed E-state index contributed by atoms with van der Waals surface area (Å²) in [6, 6.07) is 0. The summed E-state index contributed by atoms with van der Waals surface area (Å²) >= 11 is 0. The van der Waals surface area contributed by atoms with Crippen LogP contribution in [0.3, 0.4) is 0 Å². The average molecular weight is 325 g/mol. The minimum Gasteiger partial charge on any atom is -0.747 e. The molecule has 0 saturated heterocycles. The summed E-state index contributed by atoms with van der Waals surface area (Å²) in [5, 5.41) is 0. The normalized spacial score (nSPS) is 21.6. The molecule has 22 heavy (non-hydrogen) atoms. The lowest BCUT2D eigenvalue weighted by Gasteiger charge is -2.34. The molecule has 0 aromatic heterocycles. The largest absolute Gasteiger partial charge is 0.747 e. The summed E-state index contributed by atoms with van der Waals surface area (Å²) in [5.74, 6) is 0. The molecular formula is C18H29O3S-. The van der Waals surface area contributed by atoms with Crippen LogP contribution in [-0.2, 0) is 10.1 Å². The standard InChI is InChI=1S/C18H30O3S/c1-3-4-5-6-7-8-9-10-11-14-18(22(19,20)21)15-12-17(2)13-16-18/h3,12-13,15H,1,4-11,14,16H2,2H3,(H,19,20,21)/p-1. The van der Waals surface area contributed by atoms with Crippen LogP contribution < -0.4 is 0 Å². The molecule has 0 fully saturated rings. The van der Waals surface area contributed by atoms with Gasteiger partial charge in [0.25, 0.3) is 0 Å². The molecule has 0 aromatic rings. The zero-order valence-electron chi connectivity index (χ0n) is 13.7. The molecule has 0 radical (unpaired) electrons. The van der Waals surface area contributed by atoms with Crippen molar-refractivity contribution in [2.24, 2.45) is 0 Å². The molecule has 1 unspecified atom stereocenters. The molecule has 3 nitrogen and oxygen atoms in total. The van der Waals surface area contributed by atoms with E-state index in [0.717, 1.165) is 31.3 Å². The van der Waals surface area contributed by atoms with E-state index in [4.69, 9.17) is 0 Å². The van der Waals surface area contributed by atoms with Gasteiger partial charge in [-0.25, -0.2) is 8.42 Å². The Bertz CT molecular complexity index is 502. The van der Waals surface area contributed by atoms with Crippen LogP contribution in [0.4, 0.5) is 0 Å². The molecular weight excluding hydrogens is 296 g/mol. The second-order valence-corrected chi connectivity index (χ2v) is 8.03. The van der Waals surface area contributed by atoms with Crippen molar-refractivity contribution >= 4 is 10.1 Å². The first-order valence-corrected chi connectivity index (χ1v) is 9.74. The topological polar surface area (TPSA) is 57.2 Å². The van der Waals surface area contributed by atoms with Crippen LogP contribution in [0.2, 0.25) is 0 Å². The van der Waals surface area contributed by atoms with Crippen molar-refractivity contribution in [1.29, 1.82) is 0 Å². The maximum absolute atomic E-state index is 11.6. The van der Waals surface area contributed by atoms with Gasteiger partial charge in [0.05, 0.1) is 4.75 Å². The summed E-state index contributed by atoms with van der Waals surface area (Å²) in [4.78, 5) is 0. The van der Waals surface area contributed by atoms with E-state index in [-0.39, 0.29) is 0 Å². The quantitative estimate of drug-likeness (QED) is 0.309. The molecule has 1 aliphatic rings. The van der Waals surface area contributed by atoms with Gasteiger partial charge < -0.3 is 4.55 Å². The van der Waals surface area contributed by atoms with Crippen LogP contribution in [0.1, 0.15) is 71.1 Å². The number of hydrogen-bond acceptors (Lipinski definition) is 3. The molecule has 0 amide bonds. The maximum Gasteiger partial charge on any atom is 0.104 e. The summed E-state index contributed by atoms with van der Waals surface area (Å²) in [6.07, 6.45) is 16.8. The van der Waals surface area contributed by atoms with Crippen LogP contribution in [0.5, 0.6) is 0 Å².